The molecule has 1 unspecified atom stereocenters. The van der Waals surface area contributed by atoms with E-state index < -0.39 is 6.04 Å². The second-order valence-electron chi connectivity index (χ2n) is 6.95. The predicted molar refractivity (Wildman–Crippen MR) is 124 cm³/mol. The molecule has 1 heterocycles. The van der Waals surface area contributed by atoms with Gasteiger partial charge in [-0.25, -0.2) is 4.90 Å². The van der Waals surface area contributed by atoms with E-state index in [9.17, 15) is 9.59 Å². The first-order chi connectivity index (χ1) is 14.9. The van der Waals surface area contributed by atoms with E-state index in [2.05, 4.69) is 5.32 Å². The standard InChI is InChI=1S/C22H24ClN3O4S/c1-24-22(31)25(11-10-14-4-9-18(29-2)19(12-14)30-3)17-13-20(27)26(21(17)28)16-7-5-15(23)6-8-16/h4-9,12,17H,10-11,13H2,1-3H3,(H,24,31). The van der Waals surface area contributed by atoms with Gasteiger partial charge in [0.25, 0.3) is 5.91 Å². The van der Waals surface area contributed by atoms with E-state index in [1.54, 1.807) is 50.4 Å². The largest absolute Gasteiger partial charge is 0.493 e. The third-order valence-corrected chi connectivity index (χ3v) is 5.84. The molecule has 0 radical (unpaired) electrons. The van der Waals surface area contributed by atoms with E-state index in [0.717, 1.165) is 5.56 Å². The highest BCUT2D eigenvalue weighted by Gasteiger charge is 2.43. The molecule has 2 amide bonds. The Morgan fingerprint density at radius 2 is 1.84 bits per heavy atom. The molecule has 1 aliphatic rings. The Balaban J connectivity index is 1.79. The summed E-state index contributed by atoms with van der Waals surface area (Å²) in [4.78, 5) is 28.8. The van der Waals surface area contributed by atoms with Crippen LogP contribution in [0.15, 0.2) is 42.5 Å². The minimum atomic E-state index is -0.678. The van der Waals surface area contributed by atoms with Crippen LogP contribution >= 0.6 is 23.8 Å². The van der Waals surface area contributed by atoms with E-state index in [-0.39, 0.29) is 18.2 Å². The van der Waals surface area contributed by atoms with Crippen molar-refractivity contribution in [2.45, 2.75) is 18.9 Å². The Morgan fingerprint density at radius 3 is 2.45 bits per heavy atom. The van der Waals surface area contributed by atoms with Crippen molar-refractivity contribution in [1.29, 1.82) is 0 Å². The second kappa shape index (κ2) is 9.98. The fraction of sp³-hybridized carbons (Fsp3) is 0.318. The Hall–Kier alpha value is -2.84. The summed E-state index contributed by atoms with van der Waals surface area (Å²) < 4.78 is 10.6. The summed E-state index contributed by atoms with van der Waals surface area (Å²) in [6.45, 7) is 0.452. The van der Waals surface area contributed by atoms with Gasteiger partial charge >= 0.3 is 0 Å². The molecule has 1 N–H and O–H groups in total. The Morgan fingerprint density at radius 1 is 1.16 bits per heavy atom. The van der Waals surface area contributed by atoms with Crippen LogP contribution in [0.2, 0.25) is 5.02 Å². The van der Waals surface area contributed by atoms with Gasteiger partial charge in [0.15, 0.2) is 16.6 Å². The molecule has 164 valence electrons. The monoisotopic (exact) mass is 461 g/mol. The number of carbonyl (C=O) groups is 2. The Bertz CT molecular complexity index is 983. The number of nitrogens with one attached hydrogen (secondary N) is 1. The van der Waals surface area contributed by atoms with Crippen LogP contribution in [0, 0.1) is 0 Å². The quantitative estimate of drug-likeness (QED) is 0.502. The number of hydrogen-bond acceptors (Lipinski definition) is 5. The van der Waals surface area contributed by atoms with E-state index in [1.807, 2.05) is 18.2 Å². The van der Waals surface area contributed by atoms with E-state index in [1.165, 1.54) is 4.90 Å². The van der Waals surface area contributed by atoms with Gasteiger partial charge < -0.3 is 19.7 Å². The van der Waals surface area contributed by atoms with Crippen molar-refractivity contribution in [3.63, 3.8) is 0 Å². The van der Waals surface area contributed by atoms with Crippen molar-refractivity contribution in [3.8, 4) is 11.5 Å². The molecule has 0 bridgehead atoms. The number of imide groups is 1. The zero-order chi connectivity index (χ0) is 22.5. The van der Waals surface area contributed by atoms with Gasteiger partial charge in [-0.2, -0.15) is 0 Å². The van der Waals surface area contributed by atoms with Crippen molar-refractivity contribution in [2.75, 3.05) is 32.7 Å². The van der Waals surface area contributed by atoms with Crippen LogP contribution in [0.3, 0.4) is 0 Å². The van der Waals surface area contributed by atoms with E-state index in [0.29, 0.717) is 40.3 Å². The molecule has 1 aliphatic heterocycles. The third kappa shape index (κ3) is 4.91. The highest BCUT2D eigenvalue weighted by atomic mass is 35.5. The summed E-state index contributed by atoms with van der Waals surface area (Å²) in [6.07, 6.45) is 0.649. The molecule has 1 atom stereocenters. The van der Waals surface area contributed by atoms with Gasteiger partial charge in [-0.15, -0.1) is 0 Å². The molecule has 2 aromatic carbocycles. The topological polar surface area (TPSA) is 71.1 Å². The van der Waals surface area contributed by atoms with Crippen molar-refractivity contribution in [2.24, 2.45) is 0 Å². The zero-order valence-electron chi connectivity index (χ0n) is 17.6. The molecule has 0 spiro atoms. The summed E-state index contributed by atoms with van der Waals surface area (Å²) in [5, 5.41) is 3.87. The number of methoxy groups -OCH3 is 2. The molecule has 0 aromatic heterocycles. The third-order valence-electron chi connectivity index (χ3n) is 5.15. The first-order valence-electron chi connectivity index (χ1n) is 9.71. The first kappa shape index (κ1) is 22.8. The lowest BCUT2D eigenvalue weighted by atomic mass is 10.1. The predicted octanol–water partition coefficient (Wildman–Crippen LogP) is 3.04. The maximum atomic E-state index is 13.2. The summed E-state index contributed by atoms with van der Waals surface area (Å²) in [5.41, 5.74) is 1.49. The van der Waals surface area contributed by atoms with Gasteiger partial charge in [0.2, 0.25) is 5.91 Å². The minimum Gasteiger partial charge on any atom is -0.493 e. The number of halogens is 1. The fourth-order valence-corrected chi connectivity index (χ4v) is 3.89. The molecule has 3 rings (SSSR count). The van der Waals surface area contributed by atoms with Crippen LogP contribution in [0.4, 0.5) is 5.69 Å². The van der Waals surface area contributed by atoms with E-state index in [4.69, 9.17) is 33.3 Å². The van der Waals surface area contributed by atoms with Crippen LogP contribution in [0.25, 0.3) is 0 Å². The Labute approximate surface area is 191 Å². The smallest absolute Gasteiger partial charge is 0.257 e. The number of thiocarbonyl (C=S) groups is 1. The van der Waals surface area contributed by atoms with Gasteiger partial charge in [0, 0.05) is 18.6 Å². The second-order valence-corrected chi connectivity index (χ2v) is 7.77. The van der Waals surface area contributed by atoms with Gasteiger partial charge in [-0.1, -0.05) is 17.7 Å². The molecule has 31 heavy (non-hydrogen) atoms. The summed E-state index contributed by atoms with van der Waals surface area (Å²) in [5.74, 6) is 0.692. The minimum absolute atomic E-state index is 0.0508. The highest BCUT2D eigenvalue weighted by molar-refractivity contribution is 7.80. The average molecular weight is 462 g/mol. The summed E-state index contributed by atoms with van der Waals surface area (Å²) >= 11 is 11.4. The summed E-state index contributed by atoms with van der Waals surface area (Å²) in [6, 6.07) is 11.6. The SMILES string of the molecule is CNC(=S)N(CCc1ccc(OC)c(OC)c1)C1CC(=O)N(c2ccc(Cl)cc2)C1=O. The van der Waals surface area contributed by atoms with Gasteiger partial charge in [0.1, 0.15) is 6.04 Å². The maximum absolute atomic E-state index is 13.2. The van der Waals surface area contributed by atoms with Crippen LogP contribution in [-0.2, 0) is 16.0 Å². The number of carbonyl (C=O) groups excluding carboxylic acids is 2. The van der Waals surface area contributed by atoms with Gasteiger partial charge in [0.05, 0.1) is 26.3 Å². The molecule has 7 nitrogen and oxygen atoms in total. The number of benzene rings is 2. The van der Waals surface area contributed by atoms with Gasteiger partial charge in [-0.3, -0.25) is 9.59 Å². The number of amides is 2. The number of rotatable bonds is 7. The lowest BCUT2D eigenvalue weighted by Gasteiger charge is -2.29. The molecule has 0 saturated carbocycles. The summed E-state index contributed by atoms with van der Waals surface area (Å²) in [7, 11) is 4.86. The zero-order valence-corrected chi connectivity index (χ0v) is 19.1. The number of anilines is 1. The Kier molecular flexibility index (Phi) is 7.35. The van der Waals surface area contributed by atoms with Crippen molar-refractivity contribution >= 4 is 46.4 Å². The molecule has 9 heteroatoms. The number of nitrogens with zero attached hydrogens (tertiary/aromatic N) is 2. The molecular weight excluding hydrogens is 438 g/mol. The number of hydrogen-bond donors (Lipinski definition) is 1. The van der Waals surface area contributed by atoms with Crippen molar-refractivity contribution in [3.05, 3.63) is 53.1 Å². The molecule has 1 fully saturated rings. The first-order valence-corrected chi connectivity index (χ1v) is 10.5. The number of ether oxygens (including phenoxy) is 2. The van der Waals surface area contributed by atoms with Crippen molar-refractivity contribution in [1.82, 2.24) is 10.2 Å². The normalized spacial score (nSPS) is 15.7. The van der Waals surface area contributed by atoms with Crippen molar-refractivity contribution < 1.29 is 19.1 Å². The lowest BCUT2D eigenvalue weighted by molar-refractivity contribution is -0.122. The van der Waals surface area contributed by atoms with Gasteiger partial charge in [-0.05, 0) is 60.6 Å². The molecule has 2 aromatic rings. The lowest BCUT2D eigenvalue weighted by Crippen LogP contribution is -2.49. The highest BCUT2D eigenvalue weighted by Crippen LogP contribution is 2.29. The molecule has 1 saturated heterocycles. The molecule has 0 aliphatic carbocycles. The average Bonchev–Trinajstić information content (AvgIpc) is 3.07. The molecular formula is C22H24ClN3O4S. The van der Waals surface area contributed by atoms with Crippen LogP contribution in [0.1, 0.15) is 12.0 Å². The van der Waals surface area contributed by atoms with Crippen LogP contribution < -0.4 is 19.7 Å². The van der Waals surface area contributed by atoms with Crippen LogP contribution in [-0.4, -0.2) is 55.7 Å². The fourth-order valence-electron chi connectivity index (χ4n) is 3.55. The maximum Gasteiger partial charge on any atom is 0.257 e. The van der Waals surface area contributed by atoms with Crippen LogP contribution in [0.5, 0.6) is 11.5 Å². The van der Waals surface area contributed by atoms with E-state index >= 15 is 0 Å².